The lowest BCUT2D eigenvalue weighted by atomic mass is 9.96. The molecular formula is C16H21N3OS. The van der Waals surface area contributed by atoms with Crippen LogP contribution in [0.3, 0.4) is 0 Å². The Hall–Kier alpha value is -1.46. The Kier molecular flexibility index (Phi) is 4.51. The van der Waals surface area contributed by atoms with Crippen LogP contribution in [-0.4, -0.2) is 15.6 Å². The second kappa shape index (κ2) is 6.54. The third kappa shape index (κ3) is 3.41. The minimum absolute atomic E-state index is 0.0337. The van der Waals surface area contributed by atoms with E-state index in [2.05, 4.69) is 5.10 Å². The molecule has 1 fully saturated rings. The van der Waals surface area contributed by atoms with Gasteiger partial charge in [0.2, 0.25) is 0 Å². The fourth-order valence-corrected chi connectivity index (χ4v) is 3.69. The van der Waals surface area contributed by atoms with Gasteiger partial charge in [0.1, 0.15) is 0 Å². The number of nitrogens with zero attached hydrogens (tertiary/aromatic N) is 2. The lowest BCUT2D eigenvalue weighted by molar-refractivity contribution is -0.119. The van der Waals surface area contributed by atoms with Crippen molar-refractivity contribution in [2.24, 2.45) is 5.73 Å². The summed E-state index contributed by atoms with van der Waals surface area (Å²) >= 11 is 1.53. The molecular weight excluding hydrogens is 282 g/mol. The average Bonchev–Trinajstić information content (AvgIpc) is 3.19. The first-order valence-electron chi connectivity index (χ1n) is 7.60. The smallest absolute Gasteiger partial charge is 0.160 e. The Morgan fingerprint density at radius 1 is 1.38 bits per heavy atom. The number of nitrogens with two attached hydrogens (primary N) is 1. The standard InChI is InChI=1S/C16H21N3OS/c17-16(15-7-4-10-21-15)14(20)11-12-8-9-19(18-12)13-5-2-1-3-6-13/h4,7-10,13,16H,1-3,5-6,11,17H2. The van der Waals surface area contributed by atoms with Crippen molar-refractivity contribution in [2.45, 2.75) is 50.6 Å². The Balaban J connectivity index is 1.62. The van der Waals surface area contributed by atoms with Gasteiger partial charge in [0.15, 0.2) is 5.78 Å². The first-order chi connectivity index (χ1) is 10.2. The summed E-state index contributed by atoms with van der Waals surface area (Å²) in [5.74, 6) is 0.0337. The number of Topliss-reactive ketones (excluding diaryl/α,β-unsaturated/α-hetero) is 1. The molecule has 0 radical (unpaired) electrons. The summed E-state index contributed by atoms with van der Waals surface area (Å²) in [7, 11) is 0. The number of thiophene rings is 1. The van der Waals surface area contributed by atoms with Crippen molar-refractivity contribution in [3.8, 4) is 0 Å². The van der Waals surface area contributed by atoms with Crippen molar-refractivity contribution in [1.82, 2.24) is 9.78 Å². The lowest BCUT2D eigenvalue weighted by Crippen LogP contribution is -2.22. The average molecular weight is 303 g/mol. The maximum absolute atomic E-state index is 12.2. The predicted octanol–water partition coefficient (Wildman–Crippen LogP) is 3.26. The summed E-state index contributed by atoms with van der Waals surface area (Å²) < 4.78 is 2.04. The van der Waals surface area contributed by atoms with Gasteiger partial charge >= 0.3 is 0 Å². The minimum Gasteiger partial charge on any atom is -0.317 e. The van der Waals surface area contributed by atoms with Crippen LogP contribution in [0.25, 0.3) is 0 Å². The predicted molar refractivity (Wildman–Crippen MR) is 84.3 cm³/mol. The molecule has 1 unspecified atom stereocenters. The highest BCUT2D eigenvalue weighted by atomic mass is 32.1. The van der Waals surface area contributed by atoms with Gasteiger partial charge in [-0.25, -0.2) is 0 Å². The van der Waals surface area contributed by atoms with E-state index in [-0.39, 0.29) is 5.78 Å². The van der Waals surface area contributed by atoms with Crippen LogP contribution < -0.4 is 5.73 Å². The quantitative estimate of drug-likeness (QED) is 0.922. The van der Waals surface area contributed by atoms with Gasteiger partial charge in [-0.1, -0.05) is 25.3 Å². The Morgan fingerprint density at radius 2 is 2.19 bits per heavy atom. The van der Waals surface area contributed by atoms with Crippen molar-refractivity contribution in [3.63, 3.8) is 0 Å². The maximum atomic E-state index is 12.2. The van der Waals surface area contributed by atoms with E-state index >= 15 is 0 Å². The number of hydrogen-bond donors (Lipinski definition) is 1. The molecule has 0 saturated heterocycles. The van der Waals surface area contributed by atoms with E-state index in [4.69, 9.17) is 5.73 Å². The highest BCUT2D eigenvalue weighted by Crippen LogP contribution is 2.27. The van der Waals surface area contributed by atoms with Crippen LogP contribution in [0.2, 0.25) is 0 Å². The molecule has 5 heteroatoms. The summed E-state index contributed by atoms with van der Waals surface area (Å²) in [5, 5.41) is 6.53. The Morgan fingerprint density at radius 3 is 2.90 bits per heavy atom. The molecule has 1 saturated carbocycles. The fraction of sp³-hybridized carbons (Fsp3) is 0.500. The van der Waals surface area contributed by atoms with Gasteiger partial charge in [0.05, 0.1) is 24.2 Å². The molecule has 0 bridgehead atoms. The van der Waals surface area contributed by atoms with Crippen LogP contribution in [0.5, 0.6) is 0 Å². The fourth-order valence-electron chi connectivity index (χ4n) is 2.94. The van der Waals surface area contributed by atoms with Crippen molar-refractivity contribution in [2.75, 3.05) is 0 Å². The molecule has 1 atom stereocenters. The zero-order valence-electron chi connectivity index (χ0n) is 12.1. The molecule has 4 nitrogen and oxygen atoms in total. The molecule has 0 amide bonds. The van der Waals surface area contributed by atoms with Gasteiger partial charge < -0.3 is 5.73 Å². The van der Waals surface area contributed by atoms with Gasteiger partial charge in [0, 0.05) is 11.1 Å². The second-order valence-electron chi connectivity index (χ2n) is 5.72. The molecule has 0 spiro atoms. The molecule has 3 rings (SSSR count). The van der Waals surface area contributed by atoms with Gasteiger partial charge in [-0.3, -0.25) is 9.48 Å². The molecule has 1 aliphatic rings. The van der Waals surface area contributed by atoms with E-state index < -0.39 is 6.04 Å². The van der Waals surface area contributed by atoms with E-state index in [1.54, 1.807) is 0 Å². The zero-order valence-corrected chi connectivity index (χ0v) is 12.9. The molecule has 0 aliphatic heterocycles. The van der Waals surface area contributed by atoms with Crippen LogP contribution in [0.15, 0.2) is 29.8 Å². The van der Waals surface area contributed by atoms with Crippen molar-refractivity contribution >= 4 is 17.1 Å². The van der Waals surface area contributed by atoms with Crippen LogP contribution in [0.1, 0.15) is 54.8 Å². The number of rotatable bonds is 5. The molecule has 2 aromatic rings. The highest BCUT2D eigenvalue weighted by molar-refractivity contribution is 7.10. The van der Waals surface area contributed by atoms with Gasteiger partial charge in [0.25, 0.3) is 0 Å². The van der Waals surface area contributed by atoms with Crippen LogP contribution in [0.4, 0.5) is 0 Å². The molecule has 2 aromatic heterocycles. The summed E-state index contributed by atoms with van der Waals surface area (Å²) in [6, 6.07) is 5.77. The number of ketones is 1. The van der Waals surface area contributed by atoms with Gasteiger partial charge in [-0.2, -0.15) is 5.10 Å². The number of aromatic nitrogens is 2. The molecule has 2 N–H and O–H groups in total. The third-order valence-corrected chi connectivity index (χ3v) is 5.12. The normalized spacial score (nSPS) is 17.8. The molecule has 112 valence electrons. The van der Waals surface area contributed by atoms with E-state index in [1.807, 2.05) is 34.5 Å². The molecule has 21 heavy (non-hydrogen) atoms. The molecule has 1 aliphatic carbocycles. The second-order valence-corrected chi connectivity index (χ2v) is 6.69. The third-order valence-electron chi connectivity index (χ3n) is 4.16. The van der Waals surface area contributed by atoms with Crippen molar-refractivity contribution in [1.29, 1.82) is 0 Å². The summed E-state index contributed by atoms with van der Waals surface area (Å²) in [6.45, 7) is 0. The minimum atomic E-state index is -0.523. The molecule has 0 aromatic carbocycles. The maximum Gasteiger partial charge on any atom is 0.160 e. The van der Waals surface area contributed by atoms with Gasteiger partial charge in [-0.15, -0.1) is 11.3 Å². The highest BCUT2D eigenvalue weighted by Gasteiger charge is 2.20. The van der Waals surface area contributed by atoms with Crippen LogP contribution in [-0.2, 0) is 11.2 Å². The van der Waals surface area contributed by atoms with Gasteiger partial charge in [-0.05, 0) is 30.4 Å². The lowest BCUT2D eigenvalue weighted by Gasteiger charge is -2.21. The van der Waals surface area contributed by atoms with Crippen molar-refractivity contribution < 1.29 is 4.79 Å². The largest absolute Gasteiger partial charge is 0.317 e. The Bertz CT molecular complexity index is 584. The van der Waals surface area contributed by atoms with Crippen LogP contribution >= 0.6 is 11.3 Å². The number of hydrogen-bond acceptors (Lipinski definition) is 4. The topological polar surface area (TPSA) is 60.9 Å². The SMILES string of the molecule is NC(C(=O)Cc1ccn(C2CCCCC2)n1)c1cccs1. The van der Waals surface area contributed by atoms with E-state index in [9.17, 15) is 4.79 Å². The summed E-state index contributed by atoms with van der Waals surface area (Å²) in [6.07, 6.45) is 8.62. The summed E-state index contributed by atoms with van der Waals surface area (Å²) in [5.41, 5.74) is 6.84. The molecule has 2 heterocycles. The van der Waals surface area contributed by atoms with E-state index in [0.29, 0.717) is 12.5 Å². The van der Waals surface area contributed by atoms with E-state index in [0.717, 1.165) is 10.6 Å². The zero-order chi connectivity index (χ0) is 14.7. The Labute approximate surface area is 129 Å². The first-order valence-corrected chi connectivity index (χ1v) is 8.48. The number of carbonyl (C=O) groups is 1. The summed E-state index contributed by atoms with van der Waals surface area (Å²) in [4.78, 5) is 13.2. The monoisotopic (exact) mass is 303 g/mol. The van der Waals surface area contributed by atoms with E-state index in [1.165, 1.54) is 43.4 Å². The van der Waals surface area contributed by atoms with Crippen molar-refractivity contribution in [3.05, 3.63) is 40.3 Å². The van der Waals surface area contributed by atoms with Crippen LogP contribution in [0, 0.1) is 0 Å². The first kappa shape index (κ1) is 14.5. The number of carbonyl (C=O) groups excluding carboxylic acids is 1.